The summed E-state index contributed by atoms with van der Waals surface area (Å²) in [5.74, 6) is -0.607. The Kier molecular flexibility index (Phi) is 5.50. The third-order valence-corrected chi connectivity index (χ3v) is 4.84. The number of anilines is 3. The molecule has 10 heteroatoms. The summed E-state index contributed by atoms with van der Waals surface area (Å²) in [5, 5.41) is 12.3. The SMILES string of the molecule is C=C1C=C(C)n2ncc(C(=O)Nc3cccc(C(=O)Nc4cccc(C(F)(F)F)c4)c3)c2N1. The molecule has 4 rings (SSSR count). The van der Waals surface area contributed by atoms with Crippen LogP contribution in [0.3, 0.4) is 0 Å². The Labute approximate surface area is 186 Å². The van der Waals surface area contributed by atoms with Gasteiger partial charge in [-0.15, -0.1) is 0 Å². The van der Waals surface area contributed by atoms with Gasteiger partial charge in [-0.05, 0) is 49.4 Å². The highest BCUT2D eigenvalue weighted by Gasteiger charge is 2.30. The summed E-state index contributed by atoms with van der Waals surface area (Å²) >= 11 is 0. The van der Waals surface area contributed by atoms with Gasteiger partial charge in [0.2, 0.25) is 0 Å². The molecule has 1 aliphatic heterocycles. The van der Waals surface area contributed by atoms with E-state index in [1.807, 2.05) is 6.92 Å². The first kappa shape index (κ1) is 21.9. The van der Waals surface area contributed by atoms with E-state index in [-0.39, 0.29) is 16.8 Å². The van der Waals surface area contributed by atoms with E-state index in [0.717, 1.165) is 17.8 Å². The van der Waals surface area contributed by atoms with Crippen LogP contribution in [0.25, 0.3) is 5.70 Å². The van der Waals surface area contributed by atoms with Crippen molar-refractivity contribution in [1.29, 1.82) is 0 Å². The molecular weight excluding hydrogens is 435 g/mol. The standard InChI is InChI=1S/C23H18F3N5O2/c1-13-9-14(2)31-20(28-13)19(12-27-31)22(33)30-17-7-3-5-15(10-17)21(32)29-18-8-4-6-16(11-18)23(24,25)26/h3-12,28H,1H2,2H3,(H,29,32)(H,30,33). The van der Waals surface area contributed by atoms with Crippen molar-refractivity contribution < 1.29 is 22.8 Å². The second-order valence-electron chi connectivity index (χ2n) is 7.32. The summed E-state index contributed by atoms with van der Waals surface area (Å²) in [5.41, 5.74) is 1.31. The fraction of sp³-hybridized carbons (Fsp3) is 0.0870. The predicted octanol–water partition coefficient (Wildman–Crippen LogP) is 5.21. The van der Waals surface area contributed by atoms with Gasteiger partial charge in [0, 0.05) is 28.3 Å². The van der Waals surface area contributed by atoms with Crippen LogP contribution in [-0.4, -0.2) is 21.6 Å². The van der Waals surface area contributed by atoms with Gasteiger partial charge in [-0.1, -0.05) is 18.7 Å². The number of aromatic nitrogens is 2. The Morgan fingerprint density at radius 2 is 1.70 bits per heavy atom. The number of carbonyl (C=O) groups excluding carboxylic acids is 2. The molecule has 168 valence electrons. The molecule has 0 fully saturated rings. The lowest BCUT2D eigenvalue weighted by Gasteiger charge is -2.17. The second-order valence-corrected chi connectivity index (χ2v) is 7.32. The maximum Gasteiger partial charge on any atom is 0.416 e. The molecule has 0 atom stereocenters. The zero-order valence-electron chi connectivity index (χ0n) is 17.3. The molecule has 2 amide bonds. The number of alkyl halides is 3. The Morgan fingerprint density at radius 1 is 1.03 bits per heavy atom. The Hall–Kier alpha value is -4.34. The Morgan fingerprint density at radius 3 is 2.42 bits per heavy atom. The quantitative estimate of drug-likeness (QED) is 0.506. The molecule has 0 radical (unpaired) electrons. The summed E-state index contributed by atoms with van der Waals surface area (Å²) in [6.45, 7) is 5.67. The van der Waals surface area contributed by atoms with Gasteiger partial charge in [-0.2, -0.15) is 18.3 Å². The number of carbonyl (C=O) groups is 2. The minimum Gasteiger partial charge on any atom is -0.340 e. The van der Waals surface area contributed by atoms with Crippen molar-refractivity contribution in [2.75, 3.05) is 16.0 Å². The average molecular weight is 453 g/mol. The van der Waals surface area contributed by atoms with Crippen LogP contribution in [0.4, 0.5) is 30.4 Å². The van der Waals surface area contributed by atoms with E-state index in [2.05, 4.69) is 27.6 Å². The lowest BCUT2D eigenvalue weighted by Crippen LogP contribution is -2.17. The molecule has 1 aromatic heterocycles. The van der Waals surface area contributed by atoms with Crippen LogP contribution in [0.15, 0.2) is 73.1 Å². The molecular formula is C23H18F3N5O2. The number of nitrogens with one attached hydrogen (secondary N) is 3. The first-order valence-electron chi connectivity index (χ1n) is 9.74. The normalized spacial score (nSPS) is 13.0. The largest absolute Gasteiger partial charge is 0.416 e. The minimum absolute atomic E-state index is 0.00510. The van der Waals surface area contributed by atoms with Crippen molar-refractivity contribution >= 4 is 34.7 Å². The number of nitrogens with zero attached hydrogens (tertiary/aromatic N) is 2. The fourth-order valence-electron chi connectivity index (χ4n) is 3.32. The molecule has 0 bridgehead atoms. The fourth-order valence-corrected chi connectivity index (χ4v) is 3.32. The molecule has 33 heavy (non-hydrogen) atoms. The van der Waals surface area contributed by atoms with Crippen LogP contribution < -0.4 is 16.0 Å². The van der Waals surface area contributed by atoms with Crippen molar-refractivity contribution in [3.8, 4) is 0 Å². The zero-order chi connectivity index (χ0) is 23.8. The first-order valence-corrected chi connectivity index (χ1v) is 9.74. The molecule has 1 aliphatic rings. The van der Waals surface area contributed by atoms with Gasteiger partial charge in [0.25, 0.3) is 11.8 Å². The van der Waals surface area contributed by atoms with Crippen LogP contribution in [0.5, 0.6) is 0 Å². The number of amides is 2. The molecule has 0 saturated carbocycles. The van der Waals surface area contributed by atoms with Crippen LogP contribution in [0.2, 0.25) is 0 Å². The van der Waals surface area contributed by atoms with Crippen molar-refractivity contribution in [2.24, 2.45) is 0 Å². The highest BCUT2D eigenvalue weighted by Crippen LogP contribution is 2.31. The van der Waals surface area contributed by atoms with Gasteiger partial charge < -0.3 is 16.0 Å². The van der Waals surface area contributed by atoms with Gasteiger partial charge in [0.05, 0.1) is 11.8 Å². The molecule has 2 heterocycles. The lowest BCUT2D eigenvalue weighted by atomic mass is 10.1. The van der Waals surface area contributed by atoms with E-state index in [4.69, 9.17) is 0 Å². The van der Waals surface area contributed by atoms with E-state index in [1.54, 1.807) is 22.9 Å². The number of hydrogen-bond acceptors (Lipinski definition) is 4. The van der Waals surface area contributed by atoms with Gasteiger partial charge in [-0.25, -0.2) is 4.68 Å². The van der Waals surface area contributed by atoms with Gasteiger partial charge >= 0.3 is 6.18 Å². The zero-order valence-corrected chi connectivity index (χ0v) is 17.3. The molecule has 0 spiro atoms. The highest BCUT2D eigenvalue weighted by atomic mass is 19.4. The van der Waals surface area contributed by atoms with Gasteiger partial charge in [0.15, 0.2) is 0 Å². The van der Waals surface area contributed by atoms with Crippen LogP contribution in [0, 0.1) is 0 Å². The number of benzene rings is 2. The maximum absolute atomic E-state index is 12.9. The first-order chi connectivity index (χ1) is 15.6. The van der Waals surface area contributed by atoms with E-state index < -0.39 is 23.6 Å². The van der Waals surface area contributed by atoms with Crippen molar-refractivity contribution in [1.82, 2.24) is 9.78 Å². The molecule has 0 unspecified atom stereocenters. The summed E-state index contributed by atoms with van der Waals surface area (Å²) in [6.07, 6.45) is -1.32. The van der Waals surface area contributed by atoms with E-state index in [1.165, 1.54) is 30.5 Å². The van der Waals surface area contributed by atoms with E-state index in [0.29, 0.717) is 17.2 Å². The van der Waals surface area contributed by atoms with Crippen molar-refractivity contribution in [3.05, 3.63) is 89.8 Å². The highest BCUT2D eigenvalue weighted by molar-refractivity contribution is 6.09. The smallest absolute Gasteiger partial charge is 0.340 e. The molecule has 7 nitrogen and oxygen atoms in total. The average Bonchev–Trinajstić information content (AvgIpc) is 3.18. The number of halogens is 3. The summed E-state index contributed by atoms with van der Waals surface area (Å²) in [6, 6.07) is 10.4. The van der Waals surface area contributed by atoms with E-state index in [9.17, 15) is 22.8 Å². The maximum atomic E-state index is 12.9. The third kappa shape index (κ3) is 4.64. The number of fused-ring (bicyclic) bond motifs is 1. The number of rotatable bonds is 4. The van der Waals surface area contributed by atoms with Crippen LogP contribution in [0.1, 0.15) is 33.2 Å². The Balaban J connectivity index is 1.50. The minimum atomic E-state index is -4.52. The van der Waals surface area contributed by atoms with E-state index >= 15 is 0 Å². The van der Waals surface area contributed by atoms with Crippen molar-refractivity contribution in [2.45, 2.75) is 13.1 Å². The predicted molar refractivity (Wildman–Crippen MR) is 119 cm³/mol. The van der Waals surface area contributed by atoms with Gasteiger partial charge in [0.1, 0.15) is 11.4 Å². The van der Waals surface area contributed by atoms with Gasteiger partial charge in [-0.3, -0.25) is 9.59 Å². The lowest BCUT2D eigenvalue weighted by molar-refractivity contribution is -0.137. The van der Waals surface area contributed by atoms with Crippen molar-refractivity contribution in [3.63, 3.8) is 0 Å². The summed E-state index contributed by atoms with van der Waals surface area (Å²) in [4.78, 5) is 25.4. The third-order valence-electron chi connectivity index (χ3n) is 4.84. The molecule has 0 aliphatic carbocycles. The molecule has 0 saturated heterocycles. The topological polar surface area (TPSA) is 88.0 Å². The summed E-state index contributed by atoms with van der Waals surface area (Å²) in [7, 11) is 0. The molecule has 3 aromatic rings. The molecule has 2 aromatic carbocycles. The summed E-state index contributed by atoms with van der Waals surface area (Å²) < 4.78 is 40.3. The number of hydrogen-bond donors (Lipinski definition) is 3. The Bertz CT molecular complexity index is 1310. The monoisotopic (exact) mass is 453 g/mol. The number of allylic oxidation sites excluding steroid dienone is 2. The van der Waals surface area contributed by atoms with Crippen LogP contribution >= 0.6 is 0 Å². The van der Waals surface area contributed by atoms with Crippen LogP contribution in [-0.2, 0) is 6.18 Å². The molecule has 3 N–H and O–H groups in total. The second kappa shape index (κ2) is 8.30.